The van der Waals surface area contributed by atoms with Crippen LogP contribution in [0.4, 0.5) is 0 Å². The van der Waals surface area contributed by atoms with E-state index in [1.165, 1.54) is 0 Å². The molecule has 0 aliphatic heterocycles. The molecular weight excluding hydrogens is 162 g/mol. The summed E-state index contributed by atoms with van der Waals surface area (Å²) in [6.45, 7) is 7.09. The predicted octanol–water partition coefficient (Wildman–Crippen LogP) is 2.30. The number of nitrogens with one attached hydrogen (secondary N) is 1. The summed E-state index contributed by atoms with van der Waals surface area (Å²) in [5, 5.41) is 3.03. The Bertz CT molecular complexity index is 143. The van der Waals surface area contributed by atoms with Gasteiger partial charge in [0.05, 0.1) is 6.54 Å². The van der Waals surface area contributed by atoms with E-state index in [0.717, 1.165) is 38.6 Å². The number of allylic oxidation sites excluding steroid dienone is 1. The van der Waals surface area contributed by atoms with Crippen LogP contribution in [0, 0.1) is 0 Å². The van der Waals surface area contributed by atoms with Crippen LogP contribution in [0.15, 0.2) is 12.7 Å². The molecule has 0 rings (SSSR count). The van der Waals surface area contributed by atoms with E-state index in [-0.39, 0.29) is 0 Å². The fraction of sp³-hybridized carbons (Fsp3) is 0.727. The molecule has 0 aromatic rings. The van der Waals surface area contributed by atoms with Gasteiger partial charge >= 0.3 is 0 Å². The van der Waals surface area contributed by atoms with Gasteiger partial charge in [0.1, 0.15) is 5.78 Å². The van der Waals surface area contributed by atoms with Crippen molar-refractivity contribution in [1.29, 1.82) is 0 Å². The third-order valence-corrected chi connectivity index (χ3v) is 1.94. The molecule has 0 heterocycles. The number of hydrogen-bond donors (Lipinski definition) is 1. The summed E-state index contributed by atoms with van der Waals surface area (Å²) in [6.07, 6.45) is 7.06. The van der Waals surface area contributed by atoms with E-state index in [0.29, 0.717) is 12.3 Å². The SMILES string of the molecule is C=CCCCCCC(=O)CNCC. The van der Waals surface area contributed by atoms with E-state index in [2.05, 4.69) is 11.9 Å². The summed E-state index contributed by atoms with van der Waals surface area (Å²) in [7, 11) is 0. The third kappa shape index (κ3) is 9.28. The Labute approximate surface area is 81.4 Å². The molecule has 0 unspecified atom stereocenters. The first-order chi connectivity index (χ1) is 6.31. The van der Waals surface area contributed by atoms with Gasteiger partial charge in [0.15, 0.2) is 0 Å². The molecule has 0 saturated carbocycles. The summed E-state index contributed by atoms with van der Waals surface area (Å²) in [5.74, 6) is 0.334. The zero-order valence-corrected chi connectivity index (χ0v) is 8.64. The molecule has 0 atom stereocenters. The lowest BCUT2D eigenvalue weighted by Crippen LogP contribution is -2.22. The summed E-state index contributed by atoms with van der Waals surface area (Å²) in [6, 6.07) is 0. The van der Waals surface area contributed by atoms with Gasteiger partial charge in [-0.1, -0.05) is 19.4 Å². The topological polar surface area (TPSA) is 29.1 Å². The van der Waals surface area contributed by atoms with Crippen molar-refractivity contribution in [2.75, 3.05) is 13.1 Å². The van der Waals surface area contributed by atoms with Gasteiger partial charge in [-0.2, -0.15) is 0 Å². The maximum atomic E-state index is 11.2. The molecule has 2 nitrogen and oxygen atoms in total. The van der Waals surface area contributed by atoms with Crippen molar-refractivity contribution in [2.24, 2.45) is 0 Å². The van der Waals surface area contributed by atoms with E-state index in [9.17, 15) is 4.79 Å². The molecule has 0 bridgehead atoms. The number of rotatable bonds is 9. The molecule has 0 amide bonds. The molecule has 2 heteroatoms. The Morgan fingerprint density at radius 3 is 2.77 bits per heavy atom. The van der Waals surface area contributed by atoms with Gasteiger partial charge in [0.2, 0.25) is 0 Å². The molecule has 0 aliphatic carbocycles. The lowest BCUT2D eigenvalue weighted by molar-refractivity contribution is -0.118. The smallest absolute Gasteiger partial charge is 0.146 e. The first-order valence-corrected chi connectivity index (χ1v) is 5.14. The lowest BCUT2D eigenvalue weighted by Gasteiger charge is -2.00. The van der Waals surface area contributed by atoms with Crippen LogP contribution in [-0.4, -0.2) is 18.9 Å². The molecule has 0 radical (unpaired) electrons. The highest BCUT2D eigenvalue weighted by atomic mass is 16.1. The molecule has 0 fully saturated rings. The van der Waals surface area contributed by atoms with Crippen LogP contribution in [0.5, 0.6) is 0 Å². The fourth-order valence-electron chi connectivity index (χ4n) is 1.14. The molecule has 0 aliphatic rings. The second-order valence-corrected chi connectivity index (χ2v) is 3.21. The Hall–Kier alpha value is -0.630. The minimum absolute atomic E-state index is 0.334. The summed E-state index contributed by atoms with van der Waals surface area (Å²) in [5.41, 5.74) is 0. The van der Waals surface area contributed by atoms with Crippen LogP contribution in [0.25, 0.3) is 0 Å². The van der Waals surface area contributed by atoms with Gasteiger partial charge in [-0.25, -0.2) is 0 Å². The molecular formula is C11H21NO. The van der Waals surface area contributed by atoms with E-state index < -0.39 is 0 Å². The minimum atomic E-state index is 0.334. The average molecular weight is 183 g/mol. The number of likely N-dealkylation sites (N-methyl/N-ethyl adjacent to an activating group) is 1. The predicted molar refractivity (Wildman–Crippen MR) is 56.8 cm³/mol. The summed E-state index contributed by atoms with van der Waals surface area (Å²) in [4.78, 5) is 11.2. The van der Waals surface area contributed by atoms with Crippen molar-refractivity contribution in [1.82, 2.24) is 5.32 Å². The molecule has 0 spiro atoms. The first kappa shape index (κ1) is 12.4. The van der Waals surface area contributed by atoms with E-state index in [1.807, 2.05) is 13.0 Å². The minimum Gasteiger partial charge on any atom is -0.310 e. The first-order valence-electron chi connectivity index (χ1n) is 5.14. The van der Waals surface area contributed by atoms with Crippen molar-refractivity contribution in [3.8, 4) is 0 Å². The number of carbonyl (C=O) groups excluding carboxylic acids is 1. The van der Waals surface area contributed by atoms with Crippen LogP contribution in [-0.2, 0) is 4.79 Å². The molecule has 1 N–H and O–H groups in total. The van der Waals surface area contributed by atoms with Crippen LogP contribution in [0.2, 0.25) is 0 Å². The largest absolute Gasteiger partial charge is 0.310 e. The highest BCUT2D eigenvalue weighted by Crippen LogP contribution is 2.03. The van der Waals surface area contributed by atoms with Crippen molar-refractivity contribution < 1.29 is 4.79 Å². The Balaban J connectivity index is 3.12. The monoisotopic (exact) mass is 183 g/mol. The lowest BCUT2D eigenvalue weighted by atomic mass is 10.1. The maximum Gasteiger partial charge on any atom is 0.146 e. The van der Waals surface area contributed by atoms with Crippen molar-refractivity contribution in [3.63, 3.8) is 0 Å². The normalized spacial score (nSPS) is 9.92. The van der Waals surface area contributed by atoms with Crippen LogP contribution >= 0.6 is 0 Å². The van der Waals surface area contributed by atoms with Gasteiger partial charge in [-0.15, -0.1) is 6.58 Å². The average Bonchev–Trinajstić information content (AvgIpc) is 2.14. The number of unbranched alkanes of at least 4 members (excludes halogenated alkanes) is 3. The Morgan fingerprint density at radius 1 is 1.38 bits per heavy atom. The Morgan fingerprint density at radius 2 is 2.15 bits per heavy atom. The Kier molecular flexibility index (Phi) is 9.00. The summed E-state index contributed by atoms with van der Waals surface area (Å²) < 4.78 is 0. The van der Waals surface area contributed by atoms with Gasteiger partial charge in [-0.3, -0.25) is 4.79 Å². The molecule has 0 aromatic carbocycles. The quantitative estimate of drug-likeness (QED) is 0.439. The second kappa shape index (κ2) is 9.46. The number of carbonyl (C=O) groups is 1. The van der Waals surface area contributed by atoms with Crippen LogP contribution in [0.3, 0.4) is 0 Å². The number of hydrogen-bond acceptors (Lipinski definition) is 2. The summed E-state index contributed by atoms with van der Waals surface area (Å²) >= 11 is 0. The molecule has 76 valence electrons. The molecule has 0 saturated heterocycles. The molecule has 0 aromatic heterocycles. The third-order valence-electron chi connectivity index (χ3n) is 1.94. The molecule has 13 heavy (non-hydrogen) atoms. The van der Waals surface area contributed by atoms with E-state index in [1.54, 1.807) is 0 Å². The number of ketones is 1. The zero-order chi connectivity index (χ0) is 9.94. The van der Waals surface area contributed by atoms with Gasteiger partial charge in [0, 0.05) is 6.42 Å². The van der Waals surface area contributed by atoms with Crippen molar-refractivity contribution >= 4 is 5.78 Å². The number of Topliss-reactive ketones (excluding diaryl/α,β-unsaturated/α-hetero) is 1. The standard InChI is InChI=1S/C11H21NO/c1-3-5-6-7-8-9-11(13)10-12-4-2/h3,12H,1,4-10H2,2H3. The van der Waals surface area contributed by atoms with Gasteiger partial charge in [0.25, 0.3) is 0 Å². The van der Waals surface area contributed by atoms with Crippen molar-refractivity contribution in [2.45, 2.75) is 39.0 Å². The zero-order valence-electron chi connectivity index (χ0n) is 8.64. The highest BCUT2D eigenvalue weighted by Gasteiger charge is 1.99. The second-order valence-electron chi connectivity index (χ2n) is 3.21. The van der Waals surface area contributed by atoms with Crippen molar-refractivity contribution in [3.05, 3.63) is 12.7 Å². The highest BCUT2D eigenvalue weighted by molar-refractivity contribution is 5.80. The maximum absolute atomic E-state index is 11.2. The van der Waals surface area contributed by atoms with Crippen LogP contribution < -0.4 is 5.32 Å². The van der Waals surface area contributed by atoms with E-state index in [4.69, 9.17) is 0 Å². The fourth-order valence-corrected chi connectivity index (χ4v) is 1.14. The van der Waals surface area contributed by atoms with Crippen LogP contribution in [0.1, 0.15) is 39.0 Å². The van der Waals surface area contributed by atoms with Gasteiger partial charge in [-0.05, 0) is 25.8 Å². The van der Waals surface area contributed by atoms with E-state index >= 15 is 0 Å². The van der Waals surface area contributed by atoms with Gasteiger partial charge < -0.3 is 5.32 Å².